The number of nitrogens with zero attached hydrogens (tertiary/aromatic N) is 1. The van der Waals surface area contributed by atoms with E-state index >= 15 is 0 Å². The Labute approximate surface area is 107 Å². The van der Waals surface area contributed by atoms with Crippen molar-refractivity contribution in [1.82, 2.24) is 10.2 Å². The van der Waals surface area contributed by atoms with Crippen molar-refractivity contribution in [3.8, 4) is 0 Å². The van der Waals surface area contributed by atoms with E-state index in [1.54, 1.807) is 0 Å². The zero-order chi connectivity index (χ0) is 12.7. The molecule has 0 aromatic heterocycles. The maximum atomic E-state index is 8.88. The van der Waals surface area contributed by atoms with E-state index in [-0.39, 0.29) is 0 Å². The molecular weight excluding hydrogens is 212 g/mol. The number of nitrogens with one attached hydrogen (secondary N) is 1. The van der Waals surface area contributed by atoms with Crippen LogP contribution in [0, 0.1) is 11.8 Å². The van der Waals surface area contributed by atoms with E-state index in [4.69, 9.17) is 5.11 Å². The van der Waals surface area contributed by atoms with Crippen LogP contribution < -0.4 is 5.32 Å². The molecule has 0 spiro atoms. The minimum absolute atomic E-state index is 0.310. The summed E-state index contributed by atoms with van der Waals surface area (Å²) in [4.78, 5) is 2.56. The summed E-state index contributed by atoms with van der Waals surface area (Å²) in [5, 5.41) is 12.5. The maximum Gasteiger partial charge on any atom is 0.0434 e. The minimum atomic E-state index is 0.310. The summed E-state index contributed by atoms with van der Waals surface area (Å²) in [7, 11) is 0. The standard InChI is InChI=1S/C14H30N2O/c1-4-16-8-5-6-14(11-16)13(3)15-10-12(2)7-9-17/h12-15,17H,4-11H2,1-3H3. The van der Waals surface area contributed by atoms with Crippen LogP contribution in [0.25, 0.3) is 0 Å². The molecule has 102 valence electrons. The Hall–Kier alpha value is -0.120. The molecule has 0 aromatic rings. The van der Waals surface area contributed by atoms with Crippen LogP contribution in [0.1, 0.15) is 40.0 Å². The van der Waals surface area contributed by atoms with Gasteiger partial charge in [-0.25, -0.2) is 0 Å². The summed E-state index contributed by atoms with van der Waals surface area (Å²) < 4.78 is 0. The van der Waals surface area contributed by atoms with Gasteiger partial charge < -0.3 is 15.3 Å². The van der Waals surface area contributed by atoms with E-state index in [0.29, 0.717) is 18.6 Å². The third kappa shape index (κ3) is 5.36. The van der Waals surface area contributed by atoms with Gasteiger partial charge in [0.05, 0.1) is 0 Å². The van der Waals surface area contributed by atoms with Gasteiger partial charge in [0, 0.05) is 19.2 Å². The lowest BCUT2D eigenvalue weighted by Gasteiger charge is -2.35. The third-order valence-corrected chi connectivity index (χ3v) is 4.11. The van der Waals surface area contributed by atoms with Crippen LogP contribution in [0.2, 0.25) is 0 Å². The molecule has 0 aliphatic carbocycles. The quantitative estimate of drug-likeness (QED) is 0.713. The molecule has 3 atom stereocenters. The molecule has 0 amide bonds. The second kappa shape index (κ2) is 8.06. The lowest BCUT2D eigenvalue weighted by Crippen LogP contribution is -2.45. The third-order valence-electron chi connectivity index (χ3n) is 4.11. The molecule has 17 heavy (non-hydrogen) atoms. The Kier molecular flexibility index (Phi) is 7.09. The van der Waals surface area contributed by atoms with Gasteiger partial charge in [0.15, 0.2) is 0 Å². The van der Waals surface area contributed by atoms with Crippen LogP contribution in [-0.4, -0.2) is 48.8 Å². The molecule has 1 rings (SSSR count). The number of aliphatic hydroxyl groups excluding tert-OH is 1. The van der Waals surface area contributed by atoms with Crippen LogP contribution in [0.5, 0.6) is 0 Å². The summed E-state index contributed by atoms with van der Waals surface area (Å²) in [6.45, 7) is 11.8. The Morgan fingerprint density at radius 1 is 1.41 bits per heavy atom. The van der Waals surface area contributed by atoms with Crippen LogP contribution in [0.15, 0.2) is 0 Å². The Morgan fingerprint density at radius 3 is 2.82 bits per heavy atom. The number of hydrogen-bond donors (Lipinski definition) is 2. The van der Waals surface area contributed by atoms with E-state index in [1.807, 2.05) is 0 Å². The fourth-order valence-corrected chi connectivity index (χ4v) is 2.66. The largest absolute Gasteiger partial charge is 0.396 e. The minimum Gasteiger partial charge on any atom is -0.396 e. The van der Waals surface area contributed by atoms with Gasteiger partial charge in [-0.3, -0.25) is 0 Å². The van der Waals surface area contributed by atoms with Gasteiger partial charge in [-0.2, -0.15) is 0 Å². The first-order valence-electron chi connectivity index (χ1n) is 7.24. The predicted octanol–water partition coefficient (Wildman–Crippen LogP) is 1.71. The Balaban J connectivity index is 2.24. The first-order chi connectivity index (χ1) is 8.17. The first kappa shape index (κ1) is 14.9. The highest BCUT2D eigenvalue weighted by atomic mass is 16.3. The van der Waals surface area contributed by atoms with Crippen molar-refractivity contribution >= 4 is 0 Å². The Morgan fingerprint density at radius 2 is 2.18 bits per heavy atom. The number of hydrogen-bond acceptors (Lipinski definition) is 3. The van der Waals surface area contributed by atoms with Crippen LogP contribution in [0.3, 0.4) is 0 Å². The molecule has 0 saturated carbocycles. The second-order valence-electron chi connectivity index (χ2n) is 5.61. The molecule has 3 unspecified atom stereocenters. The first-order valence-corrected chi connectivity index (χ1v) is 7.24. The number of likely N-dealkylation sites (tertiary alicyclic amines) is 1. The lowest BCUT2D eigenvalue weighted by atomic mass is 9.91. The molecule has 2 N–H and O–H groups in total. The smallest absolute Gasteiger partial charge is 0.0434 e. The van der Waals surface area contributed by atoms with Gasteiger partial charge in [0.2, 0.25) is 0 Å². The molecule has 0 aromatic carbocycles. The normalized spacial score (nSPS) is 25.8. The van der Waals surface area contributed by atoms with Crippen molar-refractivity contribution in [3.05, 3.63) is 0 Å². The van der Waals surface area contributed by atoms with Gasteiger partial charge in [0.25, 0.3) is 0 Å². The van der Waals surface area contributed by atoms with Crippen molar-refractivity contribution in [1.29, 1.82) is 0 Å². The molecule has 1 aliphatic heterocycles. The molecule has 0 radical (unpaired) electrons. The van der Waals surface area contributed by atoms with E-state index in [9.17, 15) is 0 Å². The van der Waals surface area contributed by atoms with Crippen LogP contribution in [-0.2, 0) is 0 Å². The molecule has 1 saturated heterocycles. The number of piperidine rings is 1. The highest BCUT2D eigenvalue weighted by Gasteiger charge is 2.23. The second-order valence-corrected chi connectivity index (χ2v) is 5.61. The van der Waals surface area contributed by atoms with E-state index < -0.39 is 0 Å². The molecular formula is C14H30N2O. The fourth-order valence-electron chi connectivity index (χ4n) is 2.66. The highest BCUT2D eigenvalue weighted by molar-refractivity contribution is 4.80. The van der Waals surface area contributed by atoms with Crippen LogP contribution in [0.4, 0.5) is 0 Å². The molecule has 1 aliphatic rings. The zero-order valence-electron chi connectivity index (χ0n) is 11.8. The van der Waals surface area contributed by atoms with E-state index in [1.165, 1.54) is 32.5 Å². The number of aliphatic hydroxyl groups is 1. The van der Waals surface area contributed by atoms with Gasteiger partial charge in [-0.1, -0.05) is 13.8 Å². The van der Waals surface area contributed by atoms with Crippen molar-refractivity contribution in [2.45, 2.75) is 46.1 Å². The van der Waals surface area contributed by atoms with Crippen molar-refractivity contribution in [2.75, 3.05) is 32.8 Å². The molecule has 3 nitrogen and oxygen atoms in total. The van der Waals surface area contributed by atoms with Crippen molar-refractivity contribution in [2.24, 2.45) is 11.8 Å². The maximum absolute atomic E-state index is 8.88. The predicted molar refractivity (Wildman–Crippen MR) is 73.2 cm³/mol. The molecule has 0 bridgehead atoms. The highest BCUT2D eigenvalue weighted by Crippen LogP contribution is 2.19. The summed E-state index contributed by atoms with van der Waals surface area (Å²) >= 11 is 0. The topological polar surface area (TPSA) is 35.5 Å². The van der Waals surface area contributed by atoms with Gasteiger partial charge >= 0.3 is 0 Å². The SMILES string of the molecule is CCN1CCCC(C(C)NCC(C)CCO)C1. The average Bonchev–Trinajstić information content (AvgIpc) is 2.36. The summed E-state index contributed by atoms with van der Waals surface area (Å²) in [5.74, 6) is 1.37. The number of rotatable bonds is 7. The monoisotopic (exact) mass is 242 g/mol. The summed E-state index contributed by atoms with van der Waals surface area (Å²) in [5.41, 5.74) is 0. The van der Waals surface area contributed by atoms with Crippen molar-refractivity contribution in [3.63, 3.8) is 0 Å². The fraction of sp³-hybridized carbons (Fsp3) is 1.00. The summed E-state index contributed by atoms with van der Waals surface area (Å²) in [6.07, 6.45) is 3.61. The lowest BCUT2D eigenvalue weighted by molar-refractivity contribution is 0.154. The molecule has 1 heterocycles. The average molecular weight is 242 g/mol. The zero-order valence-corrected chi connectivity index (χ0v) is 11.8. The molecule has 1 fully saturated rings. The van der Waals surface area contributed by atoms with E-state index in [0.717, 1.165) is 18.9 Å². The van der Waals surface area contributed by atoms with Crippen molar-refractivity contribution < 1.29 is 5.11 Å². The Bertz CT molecular complexity index is 199. The van der Waals surface area contributed by atoms with Gasteiger partial charge in [0.1, 0.15) is 0 Å². The van der Waals surface area contributed by atoms with E-state index in [2.05, 4.69) is 31.0 Å². The van der Waals surface area contributed by atoms with Gasteiger partial charge in [-0.15, -0.1) is 0 Å². The summed E-state index contributed by atoms with van der Waals surface area (Å²) in [6, 6.07) is 0.602. The van der Waals surface area contributed by atoms with Crippen LogP contribution >= 0.6 is 0 Å². The molecule has 3 heteroatoms. The van der Waals surface area contributed by atoms with Gasteiger partial charge in [-0.05, 0) is 57.7 Å².